The first kappa shape index (κ1) is 13.2. The second kappa shape index (κ2) is 4.96. The van der Waals surface area contributed by atoms with Crippen LogP contribution in [0.3, 0.4) is 0 Å². The molecule has 5 heteroatoms. The minimum absolute atomic E-state index is 0.0677. The summed E-state index contributed by atoms with van der Waals surface area (Å²) in [6.45, 7) is 3.40. The Hall–Kier alpha value is -1.78. The summed E-state index contributed by atoms with van der Waals surface area (Å²) >= 11 is 0. The third kappa shape index (κ3) is 2.21. The number of likely N-dealkylation sites (tertiary alicyclic amines) is 1. The van der Waals surface area contributed by atoms with Crippen LogP contribution in [-0.4, -0.2) is 35.0 Å². The smallest absolute Gasteiger partial charge is 0.311 e. The number of amides is 1. The van der Waals surface area contributed by atoms with Crippen LogP contribution in [0.1, 0.15) is 40.9 Å². The standard InChI is InChI=1S/C15H19NO4/c1-9-8-20-12(5-13(17)18)14(9)15(19)16-6-10-3-2-4-11(10)7-16/h8,10-11H,2-7H2,1H3,(H,17,18). The summed E-state index contributed by atoms with van der Waals surface area (Å²) in [5.74, 6) is 0.494. The van der Waals surface area contributed by atoms with E-state index in [1.165, 1.54) is 25.5 Å². The van der Waals surface area contributed by atoms with E-state index in [4.69, 9.17) is 9.52 Å². The van der Waals surface area contributed by atoms with E-state index in [0.717, 1.165) is 18.7 Å². The maximum atomic E-state index is 12.6. The summed E-state index contributed by atoms with van der Waals surface area (Å²) < 4.78 is 5.25. The van der Waals surface area contributed by atoms with Gasteiger partial charge in [-0.15, -0.1) is 0 Å². The molecule has 20 heavy (non-hydrogen) atoms. The van der Waals surface area contributed by atoms with Gasteiger partial charge < -0.3 is 14.4 Å². The fraction of sp³-hybridized carbons (Fsp3) is 0.600. The molecule has 2 aliphatic rings. The molecule has 0 spiro atoms. The van der Waals surface area contributed by atoms with Gasteiger partial charge in [0.25, 0.3) is 5.91 Å². The molecule has 1 saturated carbocycles. The van der Waals surface area contributed by atoms with Gasteiger partial charge in [-0.05, 0) is 31.6 Å². The Morgan fingerprint density at radius 3 is 2.60 bits per heavy atom. The van der Waals surface area contributed by atoms with E-state index in [2.05, 4.69) is 0 Å². The average molecular weight is 277 g/mol. The van der Waals surface area contributed by atoms with Gasteiger partial charge in [0.05, 0.1) is 11.8 Å². The topological polar surface area (TPSA) is 70.7 Å². The van der Waals surface area contributed by atoms with Crippen molar-refractivity contribution in [1.82, 2.24) is 4.90 Å². The third-order valence-corrected chi connectivity index (χ3v) is 4.59. The van der Waals surface area contributed by atoms with Crippen molar-refractivity contribution in [3.8, 4) is 0 Å². The Labute approximate surface area is 117 Å². The largest absolute Gasteiger partial charge is 0.481 e. The molecule has 108 valence electrons. The zero-order valence-corrected chi connectivity index (χ0v) is 11.6. The van der Waals surface area contributed by atoms with Crippen molar-refractivity contribution < 1.29 is 19.1 Å². The lowest BCUT2D eigenvalue weighted by Gasteiger charge is -2.17. The maximum Gasteiger partial charge on any atom is 0.311 e. The van der Waals surface area contributed by atoms with Crippen molar-refractivity contribution in [3.05, 3.63) is 23.2 Å². The first-order valence-corrected chi connectivity index (χ1v) is 7.14. The zero-order chi connectivity index (χ0) is 14.3. The number of carbonyl (C=O) groups is 2. The fourth-order valence-electron chi connectivity index (χ4n) is 3.61. The summed E-state index contributed by atoms with van der Waals surface area (Å²) in [6.07, 6.45) is 4.92. The number of furan rings is 1. The Bertz CT molecular complexity index is 536. The molecule has 1 N–H and O–H groups in total. The highest BCUT2D eigenvalue weighted by Gasteiger charge is 2.39. The molecule has 0 bridgehead atoms. The van der Waals surface area contributed by atoms with Gasteiger partial charge in [-0.1, -0.05) is 6.42 Å². The van der Waals surface area contributed by atoms with E-state index < -0.39 is 5.97 Å². The fourth-order valence-corrected chi connectivity index (χ4v) is 3.61. The summed E-state index contributed by atoms with van der Waals surface area (Å²) in [6, 6.07) is 0. The van der Waals surface area contributed by atoms with Crippen molar-refractivity contribution in [1.29, 1.82) is 0 Å². The van der Waals surface area contributed by atoms with Crippen LogP contribution in [0.25, 0.3) is 0 Å². The van der Waals surface area contributed by atoms with Gasteiger partial charge in [0, 0.05) is 18.7 Å². The summed E-state index contributed by atoms with van der Waals surface area (Å²) in [7, 11) is 0. The van der Waals surface area contributed by atoms with Gasteiger partial charge in [0.1, 0.15) is 12.2 Å². The molecular formula is C15H19NO4. The van der Waals surface area contributed by atoms with Crippen molar-refractivity contribution in [2.24, 2.45) is 11.8 Å². The molecule has 0 radical (unpaired) electrons. The number of hydrogen-bond acceptors (Lipinski definition) is 3. The highest BCUT2D eigenvalue weighted by Crippen LogP contribution is 2.38. The van der Waals surface area contributed by atoms with E-state index in [1.54, 1.807) is 6.92 Å². The highest BCUT2D eigenvalue weighted by atomic mass is 16.4. The van der Waals surface area contributed by atoms with Crippen LogP contribution in [0.5, 0.6) is 0 Å². The van der Waals surface area contributed by atoms with Crippen molar-refractivity contribution >= 4 is 11.9 Å². The quantitative estimate of drug-likeness (QED) is 0.918. The first-order valence-electron chi connectivity index (χ1n) is 7.14. The normalized spacial score (nSPS) is 24.9. The number of carbonyl (C=O) groups excluding carboxylic acids is 1. The molecule has 1 aliphatic carbocycles. The first-order chi connectivity index (χ1) is 9.56. The van der Waals surface area contributed by atoms with Crippen LogP contribution in [0, 0.1) is 18.8 Å². The predicted octanol–water partition coefficient (Wildman–Crippen LogP) is 2.09. The molecular weight excluding hydrogens is 258 g/mol. The minimum atomic E-state index is -0.980. The molecule has 1 aromatic heterocycles. The second-order valence-corrected chi connectivity index (χ2v) is 5.95. The van der Waals surface area contributed by atoms with Crippen LogP contribution in [0.2, 0.25) is 0 Å². The lowest BCUT2D eigenvalue weighted by molar-refractivity contribution is -0.136. The maximum absolute atomic E-state index is 12.6. The number of nitrogens with zero attached hydrogens (tertiary/aromatic N) is 1. The van der Waals surface area contributed by atoms with Crippen LogP contribution >= 0.6 is 0 Å². The van der Waals surface area contributed by atoms with E-state index >= 15 is 0 Å². The van der Waals surface area contributed by atoms with Gasteiger partial charge in [0.15, 0.2) is 0 Å². The molecule has 0 aromatic carbocycles. The minimum Gasteiger partial charge on any atom is -0.481 e. The summed E-state index contributed by atoms with van der Waals surface area (Å²) in [5.41, 5.74) is 1.18. The molecule has 5 nitrogen and oxygen atoms in total. The van der Waals surface area contributed by atoms with E-state index in [9.17, 15) is 9.59 Å². The van der Waals surface area contributed by atoms with Crippen LogP contribution < -0.4 is 0 Å². The van der Waals surface area contributed by atoms with Crippen LogP contribution in [0.15, 0.2) is 10.7 Å². The van der Waals surface area contributed by atoms with E-state index in [-0.39, 0.29) is 18.1 Å². The molecule has 2 fully saturated rings. The molecule has 2 atom stereocenters. The number of carboxylic acid groups (broad SMARTS) is 1. The molecule has 3 rings (SSSR count). The number of fused-ring (bicyclic) bond motifs is 1. The lowest BCUT2D eigenvalue weighted by atomic mass is 10.0. The predicted molar refractivity (Wildman–Crippen MR) is 71.5 cm³/mol. The SMILES string of the molecule is Cc1coc(CC(=O)O)c1C(=O)N1CC2CCCC2C1. The molecule has 2 unspecified atom stereocenters. The number of aliphatic carboxylic acids is 1. The summed E-state index contributed by atoms with van der Waals surface area (Å²) in [5, 5.41) is 8.89. The number of rotatable bonds is 3. The Morgan fingerprint density at radius 1 is 1.35 bits per heavy atom. The number of aryl methyl sites for hydroxylation is 1. The summed E-state index contributed by atoms with van der Waals surface area (Å²) in [4.78, 5) is 25.4. The van der Waals surface area contributed by atoms with Gasteiger partial charge >= 0.3 is 5.97 Å². The molecule has 1 amide bonds. The van der Waals surface area contributed by atoms with Crippen molar-refractivity contribution in [3.63, 3.8) is 0 Å². The van der Waals surface area contributed by atoms with Crippen molar-refractivity contribution in [2.45, 2.75) is 32.6 Å². The van der Waals surface area contributed by atoms with E-state index in [1.807, 2.05) is 4.90 Å². The monoisotopic (exact) mass is 277 g/mol. The molecule has 2 heterocycles. The van der Waals surface area contributed by atoms with Gasteiger partial charge in [-0.25, -0.2) is 0 Å². The Balaban J connectivity index is 1.80. The molecule has 1 saturated heterocycles. The Kier molecular flexibility index (Phi) is 3.28. The Morgan fingerprint density at radius 2 is 2.00 bits per heavy atom. The van der Waals surface area contributed by atoms with Crippen LogP contribution in [0.4, 0.5) is 0 Å². The van der Waals surface area contributed by atoms with Crippen LogP contribution in [-0.2, 0) is 11.2 Å². The number of hydrogen-bond donors (Lipinski definition) is 1. The van der Waals surface area contributed by atoms with Gasteiger partial charge in [0.2, 0.25) is 0 Å². The second-order valence-electron chi connectivity index (χ2n) is 5.95. The van der Waals surface area contributed by atoms with Gasteiger partial charge in [-0.3, -0.25) is 9.59 Å². The zero-order valence-electron chi connectivity index (χ0n) is 11.6. The molecule has 1 aromatic rings. The highest BCUT2D eigenvalue weighted by molar-refractivity contribution is 5.97. The third-order valence-electron chi connectivity index (χ3n) is 4.59. The van der Waals surface area contributed by atoms with Crippen molar-refractivity contribution in [2.75, 3.05) is 13.1 Å². The van der Waals surface area contributed by atoms with E-state index in [0.29, 0.717) is 17.4 Å². The number of carboxylic acids is 1. The van der Waals surface area contributed by atoms with Gasteiger partial charge in [-0.2, -0.15) is 0 Å². The molecule has 1 aliphatic heterocycles. The average Bonchev–Trinajstić information content (AvgIpc) is 3.02. The lowest BCUT2D eigenvalue weighted by Crippen LogP contribution is -2.30.